The van der Waals surface area contributed by atoms with Gasteiger partial charge in [0.2, 0.25) is 17.6 Å². The molecule has 8 heteroatoms. The second kappa shape index (κ2) is 8.66. The highest BCUT2D eigenvalue weighted by Gasteiger charge is 2.27. The van der Waals surface area contributed by atoms with E-state index in [0.717, 1.165) is 6.42 Å². The summed E-state index contributed by atoms with van der Waals surface area (Å²) in [5.41, 5.74) is 1.34. The van der Waals surface area contributed by atoms with E-state index in [-0.39, 0.29) is 17.9 Å². The number of hydrogen-bond acceptors (Lipinski definition) is 5. The van der Waals surface area contributed by atoms with E-state index in [2.05, 4.69) is 20.8 Å². The fourth-order valence-electron chi connectivity index (χ4n) is 3.13. The Morgan fingerprint density at radius 2 is 2.00 bits per heavy atom. The molecular formula is C19H25N5O3. The van der Waals surface area contributed by atoms with Crippen LogP contribution >= 0.6 is 0 Å². The molecule has 2 N–H and O–H groups in total. The van der Waals surface area contributed by atoms with Crippen LogP contribution in [0.3, 0.4) is 0 Å². The molecule has 0 spiro atoms. The first-order valence-electron chi connectivity index (χ1n) is 9.32. The first-order chi connectivity index (χ1) is 13.1. The maximum Gasteiger partial charge on any atom is 0.321 e. The maximum absolute atomic E-state index is 12.7. The normalized spacial score (nSPS) is 14.8. The SMILES string of the molecule is CCCNC(=O)C1CCN(C(=O)Nc2ccccc2-c2noc(C)n2)CC1. The molecule has 1 aliphatic rings. The number of anilines is 1. The van der Waals surface area contributed by atoms with Gasteiger partial charge in [-0.1, -0.05) is 24.2 Å². The van der Waals surface area contributed by atoms with E-state index in [0.29, 0.717) is 55.4 Å². The van der Waals surface area contributed by atoms with Crippen molar-refractivity contribution in [3.63, 3.8) is 0 Å². The molecule has 3 rings (SSSR count). The number of aromatic nitrogens is 2. The van der Waals surface area contributed by atoms with E-state index in [1.165, 1.54) is 0 Å². The summed E-state index contributed by atoms with van der Waals surface area (Å²) < 4.78 is 5.04. The van der Waals surface area contributed by atoms with Crippen molar-refractivity contribution in [2.45, 2.75) is 33.1 Å². The maximum atomic E-state index is 12.7. The number of benzene rings is 1. The Hall–Kier alpha value is -2.90. The Labute approximate surface area is 158 Å². The molecule has 0 atom stereocenters. The lowest BCUT2D eigenvalue weighted by molar-refractivity contribution is -0.126. The average molecular weight is 371 g/mol. The molecule has 1 aromatic carbocycles. The Morgan fingerprint density at radius 1 is 1.26 bits per heavy atom. The van der Waals surface area contributed by atoms with Gasteiger partial charge >= 0.3 is 6.03 Å². The topological polar surface area (TPSA) is 100 Å². The summed E-state index contributed by atoms with van der Waals surface area (Å²) in [4.78, 5) is 30.7. The number of nitrogens with zero attached hydrogens (tertiary/aromatic N) is 3. The Bertz CT molecular complexity index is 796. The summed E-state index contributed by atoms with van der Waals surface area (Å²) in [6.07, 6.45) is 2.27. The fourth-order valence-corrected chi connectivity index (χ4v) is 3.13. The highest BCUT2D eigenvalue weighted by Crippen LogP contribution is 2.26. The predicted molar refractivity (Wildman–Crippen MR) is 101 cm³/mol. The Balaban J connectivity index is 1.60. The number of amides is 3. The number of rotatable bonds is 5. The van der Waals surface area contributed by atoms with Crippen molar-refractivity contribution in [1.29, 1.82) is 0 Å². The van der Waals surface area contributed by atoms with Crippen LogP contribution in [0.4, 0.5) is 10.5 Å². The summed E-state index contributed by atoms with van der Waals surface area (Å²) in [5, 5.41) is 9.79. The van der Waals surface area contributed by atoms with Gasteiger partial charge in [0.1, 0.15) is 0 Å². The smallest absolute Gasteiger partial charge is 0.321 e. The Morgan fingerprint density at radius 3 is 2.67 bits per heavy atom. The molecule has 2 heterocycles. The quantitative estimate of drug-likeness (QED) is 0.842. The van der Waals surface area contributed by atoms with Gasteiger partial charge in [0.25, 0.3) is 0 Å². The monoisotopic (exact) mass is 371 g/mol. The van der Waals surface area contributed by atoms with Gasteiger partial charge in [0.05, 0.1) is 5.69 Å². The van der Waals surface area contributed by atoms with E-state index in [4.69, 9.17) is 4.52 Å². The largest absolute Gasteiger partial charge is 0.356 e. The van der Waals surface area contributed by atoms with Gasteiger partial charge in [-0.3, -0.25) is 4.79 Å². The Kier molecular flexibility index (Phi) is 6.05. The minimum absolute atomic E-state index is 0.0183. The van der Waals surface area contributed by atoms with Crippen LogP contribution in [0.2, 0.25) is 0 Å². The summed E-state index contributed by atoms with van der Waals surface area (Å²) >= 11 is 0. The van der Waals surface area contributed by atoms with Crippen molar-refractivity contribution in [1.82, 2.24) is 20.4 Å². The van der Waals surface area contributed by atoms with Crippen LogP contribution < -0.4 is 10.6 Å². The van der Waals surface area contributed by atoms with Gasteiger partial charge in [0, 0.05) is 38.0 Å². The van der Waals surface area contributed by atoms with Gasteiger partial charge in [0.15, 0.2) is 0 Å². The number of piperidine rings is 1. The van der Waals surface area contributed by atoms with E-state index < -0.39 is 0 Å². The molecule has 1 fully saturated rings. The summed E-state index contributed by atoms with van der Waals surface area (Å²) in [6, 6.07) is 7.16. The van der Waals surface area contributed by atoms with Gasteiger partial charge < -0.3 is 20.1 Å². The number of hydrogen-bond donors (Lipinski definition) is 2. The van der Waals surface area contributed by atoms with Gasteiger partial charge in [-0.15, -0.1) is 0 Å². The summed E-state index contributed by atoms with van der Waals surface area (Å²) in [7, 11) is 0. The molecule has 0 unspecified atom stereocenters. The minimum Gasteiger partial charge on any atom is -0.356 e. The van der Waals surface area contributed by atoms with Crippen LogP contribution in [0.25, 0.3) is 11.4 Å². The second-order valence-electron chi connectivity index (χ2n) is 6.67. The molecule has 0 bridgehead atoms. The third-order valence-corrected chi connectivity index (χ3v) is 4.64. The molecule has 2 aromatic rings. The van der Waals surface area contributed by atoms with Crippen LogP contribution in [0.15, 0.2) is 28.8 Å². The van der Waals surface area contributed by atoms with Gasteiger partial charge in [-0.2, -0.15) is 4.98 Å². The predicted octanol–water partition coefficient (Wildman–Crippen LogP) is 2.82. The van der Waals surface area contributed by atoms with E-state index in [1.54, 1.807) is 11.8 Å². The highest BCUT2D eigenvalue weighted by molar-refractivity contribution is 5.93. The molecule has 3 amide bonds. The zero-order chi connectivity index (χ0) is 19.2. The van der Waals surface area contributed by atoms with Gasteiger partial charge in [-0.05, 0) is 31.4 Å². The number of carbonyl (C=O) groups is 2. The molecule has 0 aliphatic carbocycles. The third kappa shape index (κ3) is 4.64. The molecule has 8 nitrogen and oxygen atoms in total. The van der Waals surface area contributed by atoms with E-state index >= 15 is 0 Å². The van der Waals surface area contributed by atoms with Crippen molar-refractivity contribution in [3.05, 3.63) is 30.2 Å². The number of urea groups is 1. The van der Waals surface area contributed by atoms with Crippen molar-refractivity contribution in [3.8, 4) is 11.4 Å². The zero-order valence-corrected chi connectivity index (χ0v) is 15.7. The lowest BCUT2D eigenvalue weighted by atomic mass is 9.96. The van der Waals surface area contributed by atoms with E-state index in [1.807, 2.05) is 31.2 Å². The van der Waals surface area contributed by atoms with Gasteiger partial charge in [-0.25, -0.2) is 4.79 Å². The number of para-hydroxylation sites is 1. The van der Waals surface area contributed by atoms with Crippen molar-refractivity contribution in [2.75, 3.05) is 25.0 Å². The molecule has 144 valence electrons. The lowest BCUT2D eigenvalue weighted by Crippen LogP contribution is -2.44. The molecule has 0 saturated carbocycles. The zero-order valence-electron chi connectivity index (χ0n) is 15.7. The average Bonchev–Trinajstić information content (AvgIpc) is 3.12. The third-order valence-electron chi connectivity index (χ3n) is 4.64. The molecular weight excluding hydrogens is 346 g/mol. The number of likely N-dealkylation sites (tertiary alicyclic amines) is 1. The molecule has 0 radical (unpaired) electrons. The number of carbonyl (C=O) groups excluding carboxylic acids is 2. The number of nitrogens with one attached hydrogen (secondary N) is 2. The van der Waals surface area contributed by atoms with E-state index in [9.17, 15) is 9.59 Å². The fraction of sp³-hybridized carbons (Fsp3) is 0.474. The standard InChI is InChI=1S/C19H25N5O3/c1-3-10-20-18(25)14-8-11-24(12-9-14)19(26)22-16-7-5-4-6-15(16)17-21-13(2)27-23-17/h4-7,14H,3,8-12H2,1-2H3,(H,20,25)(H,22,26). The van der Waals surface area contributed by atoms with Crippen LogP contribution in [0, 0.1) is 12.8 Å². The summed E-state index contributed by atoms with van der Waals surface area (Å²) in [5.74, 6) is 0.981. The highest BCUT2D eigenvalue weighted by atomic mass is 16.5. The minimum atomic E-state index is -0.185. The molecule has 1 aromatic heterocycles. The first-order valence-corrected chi connectivity index (χ1v) is 9.32. The molecule has 27 heavy (non-hydrogen) atoms. The van der Waals surface area contributed by atoms with Crippen LogP contribution in [-0.4, -0.2) is 46.6 Å². The van der Waals surface area contributed by atoms with Crippen molar-refractivity contribution < 1.29 is 14.1 Å². The van der Waals surface area contributed by atoms with Crippen LogP contribution in [0.5, 0.6) is 0 Å². The molecule has 1 aliphatic heterocycles. The number of aryl methyl sites for hydroxylation is 1. The lowest BCUT2D eigenvalue weighted by Gasteiger charge is -2.31. The second-order valence-corrected chi connectivity index (χ2v) is 6.67. The summed E-state index contributed by atoms with van der Waals surface area (Å²) in [6.45, 7) is 5.56. The first kappa shape index (κ1) is 18.9. The molecule has 1 saturated heterocycles. The van der Waals surface area contributed by atoms with Crippen molar-refractivity contribution in [2.24, 2.45) is 5.92 Å². The van der Waals surface area contributed by atoms with Crippen molar-refractivity contribution >= 4 is 17.6 Å². The van der Waals surface area contributed by atoms with Crippen LogP contribution in [0.1, 0.15) is 32.1 Å². The van der Waals surface area contributed by atoms with Crippen LogP contribution in [-0.2, 0) is 4.79 Å².